The van der Waals surface area contributed by atoms with Gasteiger partial charge in [0.1, 0.15) is 0 Å². The minimum Gasteiger partial charge on any atom is -0.378 e. The summed E-state index contributed by atoms with van der Waals surface area (Å²) in [6.07, 6.45) is 7.59. The van der Waals surface area contributed by atoms with E-state index in [1.54, 1.807) is 0 Å². The molecule has 4 nitrogen and oxygen atoms in total. The van der Waals surface area contributed by atoms with Gasteiger partial charge in [0.15, 0.2) is 0 Å². The number of hydrogen-bond acceptors (Lipinski definition) is 3. The molecule has 0 aromatic heterocycles. The third-order valence-electron chi connectivity index (χ3n) is 3.60. The second kappa shape index (κ2) is 6.97. The molecule has 4 heteroatoms. The molecule has 0 aliphatic heterocycles. The van der Waals surface area contributed by atoms with Crippen LogP contribution in [0.4, 0.5) is 0 Å². The topological polar surface area (TPSA) is 64.3 Å². The number of nitrogens with one attached hydrogen (secondary N) is 1. The van der Waals surface area contributed by atoms with Gasteiger partial charge < -0.3 is 4.74 Å². The quantitative estimate of drug-likeness (QED) is 0.324. The normalized spacial score (nSPS) is 20.2. The fourth-order valence-corrected chi connectivity index (χ4v) is 2.25. The van der Waals surface area contributed by atoms with Crippen molar-refractivity contribution in [2.24, 2.45) is 11.3 Å². The van der Waals surface area contributed by atoms with Crippen LogP contribution in [0.15, 0.2) is 0 Å². The molecule has 0 heterocycles. The Kier molecular flexibility index (Phi) is 5.92. The van der Waals surface area contributed by atoms with Crippen molar-refractivity contribution in [2.75, 3.05) is 6.61 Å². The Morgan fingerprint density at radius 1 is 1.35 bits per heavy atom. The largest absolute Gasteiger partial charge is 0.378 e. The number of nitrogens with two attached hydrogens (primary N) is 1. The van der Waals surface area contributed by atoms with Gasteiger partial charge in [0.2, 0.25) is 5.91 Å². The Morgan fingerprint density at radius 2 is 2.00 bits per heavy atom. The van der Waals surface area contributed by atoms with E-state index in [9.17, 15) is 4.79 Å². The van der Waals surface area contributed by atoms with E-state index in [1.165, 1.54) is 25.7 Å². The highest BCUT2D eigenvalue weighted by Gasteiger charge is 2.26. The second-order valence-corrected chi connectivity index (χ2v) is 5.76. The predicted molar refractivity (Wildman–Crippen MR) is 68.2 cm³/mol. The molecular formula is C13H26N2O2. The van der Waals surface area contributed by atoms with Crippen LogP contribution in [0.1, 0.15) is 58.8 Å². The number of amides is 1. The van der Waals surface area contributed by atoms with Crippen LogP contribution in [-0.4, -0.2) is 18.6 Å². The molecule has 3 N–H and O–H groups in total. The fraction of sp³-hybridized carbons (Fsp3) is 0.923. The predicted octanol–water partition coefficient (Wildman–Crippen LogP) is 2.13. The number of rotatable bonds is 6. The van der Waals surface area contributed by atoms with E-state index in [0.29, 0.717) is 17.9 Å². The van der Waals surface area contributed by atoms with Crippen molar-refractivity contribution in [1.29, 1.82) is 0 Å². The molecule has 1 aliphatic carbocycles. The maximum Gasteiger partial charge on any atom is 0.233 e. The third-order valence-corrected chi connectivity index (χ3v) is 3.60. The maximum absolute atomic E-state index is 10.9. The third kappa shape index (κ3) is 6.03. The first-order valence-corrected chi connectivity index (χ1v) is 6.64. The van der Waals surface area contributed by atoms with Crippen LogP contribution in [0.5, 0.6) is 0 Å². The minimum absolute atomic E-state index is 0.0931. The van der Waals surface area contributed by atoms with Gasteiger partial charge in [-0.15, -0.1) is 0 Å². The maximum atomic E-state index is 10.9. The molecule has 0 bridgehead atoms. The molecule has 0 saturated heterocycles. The Morgan fingerprint density at radius 3 is 2.59 bits per heavy atom. The number of hydrogen-bond donors (Lipinski definition) is 2. The first-order chi connectivity index (χ1) is 8.03. The SMILES string of the molecule is CC1(C)CCC(OCCCCC(=O)NN)CC1. The molecule has 0 unspecified atom stereocenters. The van der Waals surface area contributed by atoms with Gasteiger partial charge in [-0.1, -0.05) is 13.8 Å². The number of unbranched alkanes of at least 4 members (excludes halogenated alkanes) is 1. The Labute approximate surface area is 104 Å². The Bertz CT molecular complexity index is 232. The summed E-state index contributed by atoms with van der Waals surface area (Å²) in [6.45, 7) is 5.42. The number of carbonyl (C=O) groups excluding carboxylic acids is 1. The zero-order valence-electron chi connectivity index (χ0n) is 11.1. The first-order valence-electron chi connectivity index (χ1n) is 6.64. The number of ether oxygens (including phenoxy) is 1. The van der Waals surface area contributed by atoms with Crippen LogP contribution in [-0.2, 0) is 9.53 Å². The molecule has 0 aromatic carbocycles. The lowest BCUT2D eigenvalue weighted by atomic mass is 9.76. The van der Waals surface area contributed by atoms with E-state index in [-0.39, 0.29) is 5.91 Å². The lowest BCUT2D eigenvalue weighted by molar-refractivity contribution is -0.121. The van der Waals surface area contributed by atoms with Gasteiger partial charge in [0, 0.05) is 13.0 Å². The van der Waals surface area contributed by atoms with Gasteiger partial charge in [0.25, 0.3) is 0 Å². The van der Waals surface area contributed by atoms with Crippen molar-refractivity contribution in [2.45, 2.75) is 64.9 Å². The fourth-order valence-electron chi connectivity index (χ4n) is 2.25. The first kappa shape index (κ1) is 14.5. The average molecular weight is 242 g/mol. The lowest BCUT2D eigenvalue weighted by Crippen LogP contribution is -2.29. The molecule has 1 rings (SSSR count). The zero-order valence-corrected chi connectivity index (χ0v) is 11.1. The molecule has 1 saturated carbocycles. The van der Waals surface area contributed by atoms with E-state index in [0.717, 1.165) is 19.4 Å². The van der Waals surface area contributed by atoms with E-state index in [1.807, 2.05) is 0 Å². The van der Waals surface area contributed by atoms with Crippen LogP contribution in [0, 0.1) is 5.41 Å². The highest BCUT2D eigenvalue weighted by Crippen LogP contribution is 2.36. The van der Waals surface area contributed by atoms with Crippen LogP contribution in [0.3, 0.4) is 0 Å². The summed E-state index contributed by atoms with van der Waals surface area (Å²) in [5.41, 5.74) is 2.63. The molecule has 0 atom stereocenters. The van der Waals surface area contributed by atoms with Gasteiger partial charge in [0.05, 0.1) is 6.10 Å². The van der Waals surface area contributed by atoms with Crippen LogP contribution < -0.4 is 11.3 Å². The van der Waals surface area contributed by atoms with Gasteiger partial charge in [-0.05, 0) is 43.9 Å². The van der Waals surface area contributed by atoms with Crippen LogP contribution >= 0.6 is 0 Å². The van der Waals surface area contributed by atoms with E-state index in [2.05, 4.69) is 19.3 Å². The number of carbonyl (C=O) groups is 1. The minimum atomic E-state index is -0.0931. The summed E-state index contributed by atoms with van der Waals surface area (Å²) in [5, 5.41) is 0. The summed E-state index contributed by atoms with van der Waals surface area (Å²) in [7, 11) is 0. The van der Waals surface area contributed by atoms with Crippen molar-refractivity contribution in [3.63, 3.8) is 0 Å². The van der Waals surface area contributed by atoms with Crippen LogP contribution in [0.25, 0.3) is 0 Å². The molecule has 0 radical (unpaired) electrons. The van der Waals surface area contributed by atoms with E-state index >= 15 is 0 Å². The van der Waals surface area contributed by atoms with E-state index < -0.39 is 0 Å². The van der Waals surface area contributed by atoms with Gasteiger partial charge >= 0.3 is 0 Å². The smallest absolute Gasteiger partial charge is 0.233 e. The second-order valence-electron chi connectivity index (χ2n) is 5.76. The zero-order chi connectivity index (χ0) is 12.7. The molecule has 1 fully saturated rings. The van der Waals surface area contributed by atoms with Crippen molar-refractivity contribution in [3.8, 4) is 0 Å². The molecule has 1 aliphatic rings. The average Bonchev–Trinajstić information content (AvgIpc) is 2.30. The molecule has 100 valence electrons. The van der Waals surface area contributed by atoms with Crippen molar-refractivity contribution in [1.82, 2.24) is 5.43 Å². The highest BCUT2D eigenvalue weighted by molar-refractivity contribution is 5.74. The van der Waals surface area contributed by atoms with Gasteiger partial charge in [-0.3, -0.25) is 10.2 Å². The Hall–Kier alpha value is -0.610. The number of hydrazine groups is 1. The van der Waals surface area contributed by atoms with E-state index in [4.69, 9.17) is 10.6 Å². The summed E-state index contributed by atoms with van der Waals surface area (Å²) in [4.78, 5) is 10.9. The standard InChI is InChI=1S/C13H26N2O2/c1-13(2)8-6-11(7-9-13)17-10-4-3-5-12(16)15-14/h11H,3-10,14H2,1-2H3,(H,15,16). The molecule has 17 heavy (non-hydrogen) atoms. The summed E-state index contributed by atoms with van der Waals surface area (Å²) in [5.74, 6) is 4.91. The lowest BCUT2D eigenvalue weighted by Gasteiger charge is -2.34. The molecule has 0 spiro atoms. The van der Waals surface area contributed by atoms with Crippen molar-refractivity contribution >= 4 is 5.91 Å². The van der Waals surface area contributed by atoms with Crippen molar-refractivity contribution < 1.29 is 9.53 Å². The Balaban J connectivity index is 1.99. The summed E-state index contributed by atoms with van der Waals surface area (Å²) in [6, 6.07) is 0. The molecule has 0 aromatic rings. The molecule has 1 amide bonds. The summed E-state index contributed by atoms with van der Waals surface area (Å²) >= 11 is 0. The van der Waals surface area contributed by atoms with Crippen molar-refractivity contribution in [3.05, 3.63) is 0 Å². The van der Waals surface area contributed by atoms with Gasteiger partial charge in [-0.2, -0.15) is 0 Å². The molecular weight excluding hydrogens is 216 g/mol. The van der Waals surface area contributed by atoms with Gasteiger partial charge in [-0.25, -0.2) is 5.84 Å². The van der Waals surface area contributed by atoms with Crippen LogP contribution in [0.2, 0.25) is 0 Å². The summed E-state index contributed by atoms with van der Waals surface area (Å²) < 4.78 is 5.83. The highest BCUT2D eigenvalue weighted by atomic mass is 16.5. The monoisotopic (exact) mass is 242 g/mol.